The topological polar surface area (TPSA) is 84.5 Å². The van der Waals surface area contributed by atoms with Crippen LogP contribution in [0.4, 0.5) is 11.4 Å². The summed E-state index contributed by atoms with van der Waals surface area (Å²) in [4.78, 5) is 11.4. The summed E-state index contributed by atoms with van der Waals surface area (Å²) >= 11 is 6.00. The monoisotopic (exact) mass is 352 g/mol. The minimum absolute atomic E-state index is 0.0152. The van der Waals surface area contributed by atoms with E-state index in [0.717, 1.165) is 0 Å². The molecule has 1 heterocycles. The zero-order valence-electron chi connectivity index (χ0n) is 12.1. The van der Waals surface area contributed by atoms with Gasteiger partial charge < -0.3 is 10.1 Å². The van der Waals surface area contributed by atoms with E-state index in [1.165, 1.54) is 18.2 Å². The zero-order valence-corrected chi connectivity index (χ0v) is 13.7. The number of hydrogen-bond donors (Lipinski definition) is 2. The maximum atomic E-state index is 12.5. The highest BCUT2D eigenvalue weighted by atomic mass is 35.5. The van der Waals surface area contributed by atoms with Crippen LogP contribution in [0.2, 0.25) is 5.02 Å². The molecule has 0 saturated heterocycles. The summed E-state index contributed by atoms with van der Waals surface area (Å²) in [6, 6.07) is 9.25. The molecule has 0 aromatic heterocycles. The van der Waals surface area contributed by atoms with Crippen molar-refractivity contribution in [2.45, 2.75) is 11.8 Å². The Labute approximate surface area is 138 Å². The van der Waals surface area contributed by atoms with E-state index in [1.807, 2.05) is 0 Å². The average molecular weight is 353 g/mol. The van der Waals surface area contributed by atoms with Gasteiger partial charge in [0.1, 0.15) is 5.75 Å². The molecular weight excluding hydrogens is 340 g/mol. The largest absolute Gasteiger partial charge is 0.482 e. The molecule has 0 aliphatic carbocycles. The molecule has 3 rings (SSSR count). The Balaban J connectivity index is 1.95. The van der Waals surface area contributed by atoms with Crippen LogP contribution >= 0.6 is 11.6 Å². The van der Waals surface area contributed by atoms with Crippen molar-refractivity contribution >= 4 is 38.9 Å². The molecule has 0 saturated carbocycles. The predicted octanol–water partition coefficient (Wildman–Crippen LogP) is 2.78. The fraction of sp³-hybridized carbons (Fsp3) is 0.133. The Morgan fingerprint density at radius 2 is 2.04 bits per heavy atom. The number of benzene rings is 2. The second-order valence-corrected chi connectivity index (χ2v) is 7.10. The molecule has 0 radical (unpaired) electrons. The molecule has 2 N–H and O–H groups in total. The molecule has 120 valence electrons. The van der Waals surface area contributed by atoms with Gasteiger partial charge in [-0.3, -0.25) is 9.52 Å². The number of rotatable bonds is 3. The number of carbonyl (C=O) groups is 1. The maximum absolute atomic E-state index is 12.5. The number of amides is 1. The van der Waals surface area contributed by atoms with Crippen LogP contribution in [0.1, 0.15) is 5.56 Å². The van der Waals surface area contributed by atoms with Gasteiger partial charge in [-0.2, -0.15) is 0 Å². The quantitative estimate of drug-likeness (QED) is 0.889. The van der Waals surface area contributed by atoms with Crippen LogP contribution in [-0.4, -0.2) is 20.9 Å². The van der Waals surface area contributed by atoms with E-state index in [2.05, 4.69) is 10.0 Å². The fourth-order valence-electron chi connectivity index (χ4n) is 2.15. The van der Waals surface area contributed by atoms with E-state index in [1.54, 1.807) is 25.1 Å². The van der Waals surface area contributed by atoms with Gasteiger partial charge in [-0.1, -0.05) is 17.7 Å². The lowest BCUT2D eigenvalue weighted by Gasteiger charge is -2.19. The molecule has 0 spiro atoms. The second-order valence-electron chi connectivity index (χ2n) is 5.01. The molecule has 6 nitrogen and oxygen atoms in total. The molecule has 0 atom stereocenters. The van der Waals surface area contributed by atoms with E-state index in [0.29, 0.717) is 27.7 Å². The first-order chi connectivity index (χ1) is 10.9. The molecule has 1 amide bonds. The minimum atomic E-state index is -3.82. The number of sulfonamides is 1. The van der Waals surface area contributed by atoms with Crippen molar-refractivity contribution in [3.63, 3.8) is 0 Å². The van der Waals surface area contributed by atoms with Crippen LogP contribution in [0.15, 0.2) is 41.3 Å². The Bertz CT molecular complexity index is 896. The number of halogens is 1. The highest BCUT2D eigenvalue weighted by molar-refractivity contribution is 7.92. The van der Waals surface area contributed by atoms with Gasteiger partial charge in [0, 0.05) is 5.02 Å². The minimum Gasteiger partial charge on any atom is -0.482 e. The molecule has 2 aromatic carbocycles. The Kier molecular flexibility index (Phi) is 3.91. The van der Waals surface area contributed by atoms with Gasteiger partial charge in [0.05, 0.1) is 16.3 Å². The van der Waals surface area contributed by atoms with E-state index in [4.69, 9.17) is 16.3 Å². The number of hydrogen-bond acceptors (Lipinski definition) is 4. The van der Waals surface area contributed by atoms with Gasteiger partial charge in [0.2, 0.25) is 0 Å². The van der Waals surface area contributed by atoms with Crippen LogP contribution in [0.3, 0.4) is 0 Å². The Hall–Kier alpha value is -2.25. The SMILES string of the molecule is Cc1c(Cl)cccc1NS(=O)(=O)c1ccc2c(c1)NC(=O)CO2. The molecule has 0 fully saturated rings. The predicted molar refractivity (Wildman–Crippen MR) is 87.6 cm³/mol. The lowest BCUT2D eigenvalue weighted by molar-refractivity contribution is -0.118. The molecule has 8 heteroatoms. The van der Waals surface area contributed by atoms with Gasteiger partial charge in [-0.25, -0.2) is 8.42 Å². The molecule has 23 heavy (non-hydrogen) atoms. The molecule has 0 bridgehead atoms. The molecule has 0 unspecified atom stereocenters. The normalized spacial score (nSPS) is 13.7. The third-order valence-electron chi connectivity index (χ3n) is 3.41. The first-order valence-electron chi connectivity index (χ1n) is 6.71. The number of carbonyl (C=O) groups excluding carboxylic acids is 1. The maximum Gasteiger partial charge on any atom is 0.262 e. The van der Waals surface area contributed by atoms with Crippen molar-refractivity contribution in [1.29, 1.82) is 0 Å². The van der Waals surface area contributed by atoms with E-state index < -0.39 is 10.0 Å². The molecular formula is C15H13ClN2O4S. The van der Waals surface area contributed by atoms with Crippen LogP contribution in [0, 0.1) is 6.92 Å². The highest BCUT2D eigenvalue weighted by Gasteiger charge is 2.21. The zero-order chi connectivity index (χ0) is 16.6. The number of ether oxygens (including phenoxy) is 1. The van der Waals surface area contributed by atoms with Crippen LogP contribution in [0.5, 0.6) is 5.75 Å². The van der Waals surface area contributed by atoms with Crippen molar-refractivity contribution in [3.8, 4) is 5.75 Å². The Morgan fingerprint density at radius 3 is 2.83 bits per heavy atom. The van der Waals surface area contributed by atoms with Crippen LogP contribution < -0.4 is 14.8 Å². The van der Waals surface area contributed by atoms with Gasteiger partial charge in [-0.05, 0) is 42.8 Å². The van der Waals surface area contributed by atoms with Crippen molar-refractivity contribution in [2.75, 3.05) is 16.6 Å². The summed E-state index contributed by atoms with van der Waals surface area (Å²) in [6.07, 6.45) is 0. The van der Waals surface area contributed by atoms with Crippen molar-refractivity contribution < 1.29 is 17.9 Å². The summed E-state index contributed by atoms with van der Waals surface area (Å²) < 4.78 is 32.8. The summed E-state index contributed by atoms with van der Waals surface area (Å²) in [5.74, 6) is 0.105. The van der Waals surface area contributed by atoms with Crippen molar-refractivity contribution in [2.24, 2.45) is 0 Å². The fourth-order valence-corrected chi connectivity index (χ4v) is 3.47. The molecule has 1 aliphatic rings. The van der Waals surface area contributed by atoms with Crippen LogP contribution in [0.25, 0.3) is 0 Å². The van der Waals surface area contributed by atoms with Gasteiger partial charge in [0.25, 0.3) is 15.9 Å². The lowest BCUT2D eigenvalue weighted by Crippen LogP contribution is -2.25. The first-order valence-corrected chi connectivity index (χ1v) is 8.57. The molecule has 2 aromatic rings. The average Bonchev–Trinajstić information content (AvgIpc) is 2.51. The third kappa shape index (κ3) is 3.11. The van der Waals surface area contributed by atoms with Crippen molar-refractivity contribution in [3.05, 3.63) is 47.0 Å². The number of anilines is 2. The summed E-state index contributed by atoms with van der Waals surface area (Å²) in [5, 5.41) is 3.05. The summed E-state index contributed by atoms with van der Waals surface area (Å²) in [5.41, 5.74) is 1.36. The Morgan fingerprint density at radius 1 is 1.26 bits per heavy atom. The van der Waals surface area contributed by atoms with E-state index in [9.17, 15) is 13.2 Å². The van der Waals surface area contributed by atoms with Crippen molar-refractivity contribution in [1.82, 2.24) is 0 Å². The smallest absolute Gasteiger partial charge is 0.262 e. The second kappa shape index (κ2) is 5.75. The third-order valence-corrected chi connectivity index (χ3v) is 5.18. The summed E-state index contributed by atoms with van der Waals surface area (Å²) in [6.45, 7) is 1.64. The standard InChI is InChI=1S/C15H13ClN2O4S/c1-9-11(16)3-2-4-12(9)18-23(20,21)10-5-6-14-13(7-10)17-15(19)8-22-14/h2-7,18H,8H2,1H3,(H,17,19). The van der Waals surface area contributed by atoms with Gasteiger partial charge in [0.15, 0.2) is 6.61 Å². The van der Waals surface area contributed by atoms with E-state index in [-0.39, 0.29) is 17.4 Å². The summed E-state index contributed by atoms with van der Waals surface area (Å²) in [7, 11) is -3.82. The highest BCUT2D eigenvalue weighted by Crippen LogP contribution is 2.31. The van der Waals surface area contributed by atoms with Gasteiger partial charge >= 0.3 is 0 Å². The van der Waals surface area contributed by atoms with Crippen LogP contribution in [-0.2, 0) is 14.8 Å². The van der Waals surface area contributed by atoms with Gasteiger partial charge in [-0.15, -0.1) is 0 Å². The van der Waals surface area contributed by atoms with E-state index >= 15 is 0 Å². The molecule has 1 aliphatic heterocycles. The first kappa shape index (κ1) is 15.6. The number of nitrogens with one attached hydrogen (secondary N) is 2. The lowest BCUT2D eigenvalue weighted by atomic mass is 10.2. The number of fused-ring (bicyclic) bond motifs is 1.